The number of carbonyl (C=O) groups excluding carboxylic acids is 1. The van der Waals surface area contributed by atoms with Crippen LogP contribution >= 0.6 is 0 Å². The van der Waals surface area contributed by atoms with Crippen molar-refractivity contribution in [1.29, 1.82) is 0 Å². The van der Waals surface area contributed by atoms with Crippen LogP contribution in [-0.4, -0.2) is 62.3 Å². The topological polar surface area (TPSA) is 88.0 Å². The molecular formula is C10H21NO5. The van der Waals surface area contributed by atoms with Gasteiger partial charge in [-0.2, -0.15) is 0 Å². The van der Waals surface area contributed by atoms with Crippen LogP contribution in [0.2, 0.25) is 0 Å². The molecule has 0 radical (unpaired) electrons. The quantitative estimate of drug-likeness (QED) is 0.396. The first-order valence-electron chi connectivity index (χ1n) is 5.45. The molecule has 0 aliphatic heterocycles. The monoisotopic (exact) mass is 235 g/mol. The van der Waals surface area contributed by atoms with Crippen LogP contribution in [0.15, 0.2) is 0 Å². The van der Waals surface area contributed by atoms with E-state index in [-0.39, 0.29) is 19.1 Å². The van der Waals surface area contributed by atoms with Gasteiger partial charge in [-0.25, -0.2) is 0 Å². The second-order valence-corrected chi connectivity index (χ2v) is 3.13. The molecule has 0 heterocycles. The summed E-state index contributed by atoms with van der Waals surface area (Å²) in [4.78, 5) is 11.0. The molecule has 0 saturated heterocycles. The van der Waals surface area contributed by atoms with Gasteiger partial charge in [0.15, 0.2) is 0 Å². The third-order valence-corrected chi connectivity index (χ3v) is 1.74. The van der Waals surface area contributed by atoms with E-state index in [1.807, 2.05) is 0 Å². The van der Waals surface area contributed by atoms with Gasteiger partial charge >= 0.3 is 0 Å². The van der Waals surface area contributed by atoms with Gasteiger partial charge in [-0.1, -0.05) is 0 Å². The zero-order chi connectivity index (χ0) is 12.1. The van der Waals surface area contributed by atoms with Crippen molar-refractivity contribution in [3.63, 3.8) is 0 Å². The minimum Gasteiger partial charge on any atom is -0.396 e. The Morgan fingerprint density at radius 3 is 2.31 bits per heavy atom. The number of carbonyl (C=O) groups is 1. The van der Waals surface area contributed by atoms with E-state index in [9.17, 15) is 4.79 Å². The van der Waals surface area contributed by atoms with E-state index in [0.717, 1.165) is 0 Å². The van der Waals surface area contributed by atoms with Gasteiger partial charge in [0.1, 0.15) is 0 Å². The van der Waals surface area contributed by atoms with Gasteiger partial charge in [-0.3, -0.25) is 4.79 Å². The third-order valence-electron chi connectivity index (χ3n) is 1.74. The molecule has 3 N–H and O–H groups in total. The fourth-order valence-electron chi connectivity index (χ4n) is 0.977. The Kier molecular flexibility index (Phi) is 11.8. The van der Waals surface area contributed by atoms with Crippen LogP contribution in [0.5, 0.6) is 0 Å². The summed E-state index contributed by atoms with van der Waals surface area (Å²) < 4.78 is 10.1. The summed E-state index contributed by atoms with van der Waals surface area (Å²) in [6, 6.07) is 0. The maximum absolute atomic E-state index is 11.0. The summed E-state index contributed by atoms with van der Waals surface area (Å²) in [5.74, 6) is -0.0748. The van der Waals surface area contributed by atoms with Gasteiger partial charge in [0.2, 0.25) is 5.91 Å². The Morgan fingerprint density at radius 1 is 1.00 bits per heavy atom. The standard InChI is InChI=1S/C10H21NO5/c12-4-1-2-10(14)11-3-6-15-8-9-16-7-5-13/h12-13H,1-9H2,(H,11,14). The number of hydrogen-bond donors (Lipinski definition) is 3. The van der Waals surface area contributed by atoms with E-state index in [1.165, 1.54) is 0 Å². The lowest BCUT2D eigenvalue weighted by Crippen LogP contribution is -2.27. The van der Waals surface area contributed by atoms with Gasteiger partial charge in [0.05, 0.1) is 33.0 Å². The van der Waals surface area contributed by atoms with Crippen molar-refractivity contribution in [3.8, 4) is 0 Å². The minimum absolute atomic E-state index is 0.0148. The predicted octanol–water partition coefficient (Wildman–Crippen LogP) is -1.10. The highest BCUT2D eigenvalue weighted by atomic mass is 16.5. The Balaban J connectivity index is 3.05. The molecule has 96 valence electrons. The smallest absolute Gasteiger partial charge is 0.220 e. The zero-order valence-corrected chi connectivity index (χ0v) is 9.48. The van der Waals surface area contributed by atoms with Crippen LogP contribution in [0.3, 0.4) is 0 Å². The second kappa shape index (κ2) is 12.4. The van der Waals surface area contributed by atoms with E-state index < -0.39 is 0 Å². The lowest BCUT2D eigenvalue weighted by molar-refractivity contribution is -0.121. The van der Waals surface area contributed by atoms with Gasteiger partial charge in [-0.05, 0) is 6.42 Å². The molecule has 0 unspecified atom stereocenters. The van der Waals surface area contributed by atoms with Crippen LogP contribution in [0.1, 0.15) is 12.8 Å². The van der Waals surface area contributed by atoms with Crippen molar-refractivity contribution in [3.05, 3.63) is 0 Å². The summed E-state index contributed by atoms with van der Waals surface area (Å²) in [5.41, 5.74) is 0. The minimum atomic E-state index is -0.0748. The molecule has 0 rings (SSSR count). The largest absolute Gasteiger partial charge is 0.396 e. The molecule has 0 aliphatic rings. The SMILES string of the molecule is O=C(CCCO)NCCOCCOCCO. The number of ether oxygens (including phenoxy) is 2. The molecule has 6 nitrogen and oxygen atoms in total. The molecule has 0 aromatic rings. The molecule has 16 heavy (non-hydrogen) atoms. The fraction of sp³-hybridized carbons (Fsp3) is 0.900. The first-order chi connectivity index (χ1) is 7.81. The molecule has 0 fully saturated rings. The van der Waals surface area contributed by atoms with E-state index in [1.54, 1.807) is 0 Å². The van der Waals surface area contributed by atoms with Crippen LogP contribution in [0.4, 0.5) is 0 Å². The highest BCUT2D eigenvalue weighted by Gasteiger charge is 1.98. The number of aliphatic hydroxyl groups excluding tert-OH is 2. The number of hydrogen-bond acceptors (Lipinski definition) is 5. The number of amides is 1. The van der Waals surface area contributed by atoms with Gasteiger partial charge in [0.25, 0.3) is 0 Å². The number of aliphatic hydroxyl groups is 2. The number of nitrogens with one attached hydrogen (secondary N) is 1. The van der Waals surface area contributed by atoms with E-state index in [0.29, 0.717) is 45.8 Å². The molecular weight excluding hydrogens is 214 g/mol. The fourth-order valence-corrected chi connectivity index (χ4v) is 0.977. The maximum atomic E-state index is 11.0. The number of rotatable bonds is 11. The lowest BCUT2D eigenvalue weighted by atomic mass is 10.3. The van der Waals surface area contributed by atoms with Crippen molar-refractivity contribution in [1.82, 2.24) is 5.32 Å². The summed E-state index contributed by atoms with van der Waals surface area (Å²) >= 11 is 0. The first kappa shape index (κ1) is 15.3. The van der Waals surface area contributed by atoms with E-state index in [4.69, 9.17) is 19.7 Å². The van der Waals surface area contributed by atoms with Crippen LogP contribution in [-0.2, 0) is 14.3 Å². The molecule has 0 aromatic carbocycles. The van der Waals surface area contributed by atoms with Crippen LogP contribution in [0, 0.1) is 0 Å². The average molecular weight is 235 g/mol. The summed E-state index contributed by atoms with van der Waals surface area (Å²) in [7, 11) is 0. The Bertz CT molecular complexity index is 165. The Hall–Kier alpha value is -0.690. The average Bonchev–Trinajstić information content (AvgIpc) is 2.30. The second-order valence-electron chi connectivity index (χ2n) is 3.13. The van der Waals surface area contributed by atoms with Gasteiger partial charge in [0, 0.05) is 19.6 Å². The maximum Gasteiger partial charge on any atom is 0.220 e. The lowest BCUT2D eigenvalue weighted by Gasteiger charge is -2.06. The molecule has 0 bridgehead atoms. The Morgan fingerprint density at radius 2 is 1.69 bits per heavy atom. The predicted molar refractivity (Wildman–Crippen MR) is 58.1 cm³/mol. The highest BCUT2D eigenvalue weighted by Crippen LogP contribution is 1.86. The zero-order valence-electron chi connectivity index (χ0n) is 9.48. The van der Waals surface area contributed by atoms with Crippen molar-refractivity contribution in [2.24, 2.45) is 0 Å². The molecule has 0 aliphatic carbocycles. The first-order valence-corrected chi connectivity index (χ1v) is 5.45. The molecule has 0 aromatic heterocycles. The van der Waals surface area contributed by atoms with Crippen molar-refractivity contribution in [2.45, 2.75) is 12.8 Å². The van der Waals surface area contributed by atoms with Crippen LogP contribution < -0.4 is 5.32 Å². The summed E-state index contributed by atoms with van der Waals surface area (Å²) in [6.07, 6.45) is 0.831. The van der Waals surface area contributed by atoms with Crippen molar-refractivity contribution in [2.75, 3.05) is 46.2 Å². The normalized spacial score (nSPS) is 10.4. The van der Waals surface area contributed by atoms with Crippen molar-refractivity contribution >= 4 is 5.91 Å². The van der Waals surface area contributed by atoms with Gasteiger partial charge in [-0.15, -0.1) is 0 Å². The molecule has 0 spiro atoms. The third kappa shape index (κ3) is 11.4. The van der Waals surface area contributed by atoms with Crippen LogP contribution in [0.25, 0.3) is 0 Å². The van der Waals surface area contributed by atoms with Gasteiger partial charge < -0.3 is 25.0 Å². The summed E-state index contributed by atoms with van der Waals surface area (Å²) in [5, 5.41) is 19.6. The van der Waals surface area contributed by atoms with E-state index >= 15 is 0 Å². The molecule has 0 atom stereocenters. The molecule has 6 heteroatoms. The highest BCUT2D eigenvalue weighted by molar-refractivity contribution is 5.75. The van der Waals surface area contributed by atoms with Crippen molar-refractivity contribution < 1.29 is 24.5 Å². The molecule has 0 saturated carbocycles. The Labute approximate surface area is 95.6 Å². The van der Waals surface area contributed by atoms with E-state index in [2.05, 4.69) is 5.32 Å². The summed E-state index contributed by atoms with van der Waals surface area (Å²) in [6.45, 7) is 2.16. The molecule has 1 amide bonds.